The molecule has 0 bridgehead atoms. The number of nitrogens with zero attached hydrogens (tertiary/aromatic N) is 2. The molecule has 0 saturated carbocycles. The number of rotatable bonds is 5. The Morgan fingerprint density at radius 1 is 1.15 bits per heavy atom. The van der Waals surface area contributed by atoms with Crippen LogP contribution in [-0.2, 0) is 10.2 Å². The molecule has 26 heavy (non-hydrogen) atoms. The van der Waals surface area contributed by atoms with Crippen molar-refractivity contribution in [2.75, 3.05) is 25.5 Å². The largest absolute Gasteiger partial charge is 0.495 e. The minimum absolute atomic E-state index is 0.0382. The van der Waals surface area contributed by atoms with Gasteiger partial charge in [0.2, 0.25) is 5.91 Å². The number of para-hydroxylation sites is 2. The number of hydrogen-bond donors (Lipinski definition) is 1. The summed E-state index contributed by atoms with van der Waals surface area (Å²) in [6.45, 7) is 1.35. The highest BCUT2D eigenvalue weighted by Crippen LogP contribution is 2.39. The topological polar surface area (TPSA) is 65.4 Å². The zero-order valence-electron chi connectivity index (χ0n) is 14.9. The van der Waals surface area contributed by atoms with E-state index in [0.29, 0.717) is 30.9 Å². The van der Waals surface area contributed by atoms with Gasteiger partial charge in [0.25, 0.3) is 0 Å². The van der Waals surface area contributed by atoms with Gasteiger partial charge in [-0.3, -0.25) is 4.79 Å². The lowest BCUT2D eigenvalue weighted by Crippen LogP contribution is -2.42. The van der Waals surface area contributed by atoms with E-state index in [1.54, 1.807) is 12.0 Å². The summed E-state index contributed by atoms with van der Waals surface area (Å²) in [5.41, 5.74) is 1.59. The first kappa shape index (κ1) is 17.8. The number of benzene rings is 2. The van der Waals surface area contributed by atoms with Gasteiger partial charge in [-0.2, -0.15) is 5.26 Å². The van der Waals surface area contributed by atoms with Gasteiger partial charge in [0.1, 0.15) is 5.75 Å². The molecule has 1 N–H and O–H groups in total. The van der Waals surface area contributed by atoms with Crippen molar-refractivity contribution in [3.63, 3.8) is 0 Å². The first-order valence-corrected chi connectivity index (χ1v) is 8.80. The van der Waals surface area contributed by atoms with E-state index in [2.05, 4.69) is 23.6 Å². The van der Waals surface area contributed by atoms with Crippen molar-refractivity contribution >= 4 is 11.6 Å². The van der Waals surface area contributed by atoms with Crippen LogP contribution in [0.4, 0.5) is 5.69 Å². The van der Waals surface area contributed by atoms with Crippen molar-refractivity contribution in [3.8, 4) is 11.9 Å². The fourth-order valence-electron chi connectivity index (χ4n) is 3.64. The normalized spacial score (nSPS) is 15.8. The summed E-state index contributed by atoms with van der Waals surface area (Å²) in [6, 6.07) is 17.6. The molecule has 1 fully saturated rings. The molecular weight excluding hydrogens is 326 g/mol. The van der Waals surface area contributed by atoms with E-state index < -0.39 is 0 Å². The minimum Gasteiger partial charge on any atom is -0.495 e. The predicted octanol–water partition coefficient (Wildman–Crippen LogP) is 3.54. The van der Waals surface area contributed by atoms with Crippen LogP contribution in [0.2, 0.25) is 0 Å². The van der Waals surface area contributed by atoms with E-state index >= 15 is 0 Å². The number of amides is 1. The van der Waals surface area contributed by atoms with Crippen LogP contribution in [0.3, 0.4) is 0 Å². The fraction of sp³-hybridized carbons (Fsp3) is 0.333. The maximum Gasteiger partial charge on any atom is 0.225 e. The monoisotopic (exact) mass is 349 g/mol. The van der Waals surface area contributed by atoms with Gasteiger partial charge in [-0.05, 0) is 30.5 Å². The summed E-state index contributed by atoms with van der Waals surface area (Å²) in [5, 5.41) is 12.1. The first-order valence-electron chi connectivity index (χ1n) is 8.80. The van der Waals surface area contributed by atoms with Crippen LogP contribution < -0.4 is 10.1 Å². The molecule has 0 radical (unpaired) electrons. The molecule has 5 heteroatoms. The van der Waals surface area contributed by atoms with Crippen LogP contribution in [0.5, 0.6) is 5.75 Å². The highest BCUT2D eigenvalue weighted by Gasteiger charge is 2.38. The van der Waals surface area contributed by atoms with Crippen molar-refractivity contribution in [1.29, 1.82) is 5.26 Å². The number of methoxy groups -OCH3 is 1. The van der Waals surface area contributed by atoms with E-state index in [0.717, 1.165) is 18.4 Å². The second kappa shape index (κ2) is 7.92. The van der Waals surface area contributed by atoms with Crippen molar-refractivity contribution in [3.05, 3.63) is 60.2 Å². The number of nitrogens with one attached hydrogen (secondary N) is 1. The Hall–Kier alpha value is -3.00. The summed E-state index contributed by atoms with van der Waals surface area (Å²) in [4.78, 5) is 14.6. The average molecular weight is 349 g/mol. The molecule has 0 unspecified atom stereocenters. The van der Waals surface area contributed by atoms with Gasteiger partial charge in [-0.1, -0.05) is 42.5 Å². The third kappa shape index (κ3) is 3.80. The Balaban J connectivity index is 1.80. The summed E-state index contributed by atoms with van der Waals surface area (Å²) >= 11 is 0. The third-order valence-corrected chi connectivity index (χ3v) is 5.13. The first-order chi connectivity index (χ1) is 12.7. The number of carbonyl (C=O) groups excluding carboxylic acids is 1. The van der Waals surface area contributed by atoms with E-state index in [4.69, 9.17) is 10.00 Å². The molecule has 5 nitrogen and oxygen atoms in total. The quantitative estimate of drug-likeness (QED) is 0.839. The van der Waals surface area contributed by atoms with E-state index in [1.807, 2.05) is 42.5 Å². The highest BCUT2D eigenvalue weighted by atomic mass is 16.5. The zero-order valence-corrected chi connectivity index (χ0v) is 14.9. The smallest absolute Gasteiger partial charge is 0.225 e. The molecule has 3 rings (SSSR count). The molecule has 1 heterocycles. The fourth-order valence-corrected chi connectivity index (χ4v) is 3.64. The van der Waals surface area contributed by atoms with Gasteiger partial charge in [0.05, 0.1) is 12.8 Å². The summed E-state index contributed by atoms with van der Waals surface area (Å²) < 4.78 is 5.32. The number of anilines is 1. The molecule has 1 aliphatic heterocycles. The number of ether oxygens (including phenoxy) is 1. The number of carbonyl (C=O) groups is 1. The van der Waals surface area contributed by atoms with Crippen LogP contribution in [0.1, 0.15) is 24.8 Å². The lowest BCUT2D eigenvalue weighted by molar-refractivity contribution is -0.117. The lowest BCUT2D eigenvalue weighted by atomic mass is 9.70. The molecular formula is C21H23N3O2. The number of likely N-dealkylation sites (tertiary alicyclic amines) is 1. The number of piperidine rings is 1. The Morgan fingerprint density at radius 2 is 1.81 bits per heavy atom. The molecule has 0 aromatic heterocycles. The standard InChI is InChI=1S/C21H23N3O2/c1-26-19-10-6-5-9-18(19)23-20(25)15-21(17-7-3-2-4-8-17)11-13-24(16-22)14-12-21/h2-10H,11-15H2,1H3,(H,23,25). The van der Waals surface area contributed by atoms with Gasteiger partial charge in [-0.25, -0.2) is 0 Å². The zero-order chi connectivity index (χ0) is 18.4. The molecule has 1 saturated heterocycles. The number of nitriles is 1. The molecule has 0 aliphatic carbocycles. The minimum atomic E-state index is -0.249. The van der Waals surface area contributed by atoms with Crippen LogP contribution in [0, 0.1) is 11.5 Å². The maximum absolute atomic E-state index is 12.8. The van der Waals surface area contributed by atoms with Gasteiger partial charge >= 0.3 is 0 Å². The maximum atomic E-state index is 12.8. The van der Waals surface area contributed by atoms with Crippen molar-refractivity contribution in [1.82, 2.24) is 4.90 Å². The highest BCUT2D eigenvalue weighted by molar-refractivity contribution is 5.93. The Kier molecular flexibility index (Phi) is 5.43. The van der Waals surface area contributed by atoms with E-state index in [1.165, 1.54) is 0 Å². The molecule has 0 spiro atoms. The molecule has 2 aromatic rings. The Bertz CT molecular complexity index is 790. The van der Waals surface area contributed by atoms with Crippen LogP contribution in [0.15, 0.2) is 54.6 Å². The predicted molar refractivity (Wildman–Crippen MR) is 101 cm³/mol. The second-order valence-corrected chi connectivity index (χ2v) is 6.66. The molecule has 1 amide bonds. The molecule has 1 aliphatic rings. The lowest BCUT2D eigenvalue weighted by Gasteiger charge is -2.40. The number of hydrogen-bond acceptors (Lipinski definition) is 4. The van der Waals surface area contributed by atoms with E-state index in [-0.39, 0.29) is 11.3 Å². The van der Waals surface area contributed by atoms with Crippen LogP contribution in [-0.4, -0.2) is 31.0 Å². The van der Waals surface area contributed by atoms with Gasteiger partial charge < -0.3 is 15.0 Å². The Labute approximate surface area is 154 Å². The van der Waals surface area contributed by atoms with Gasteiger partial charge in [0.15, 0.2) is 6.19 Å². The average Bonchev–Trinajstić information content (AvgIpc) is 2.69. The van der Waals surface area contributed by atoms with Gasteiger partial charge in [-0.15, -0.1) is 0 Å². The SMILES string of the molecule is COc1ccccc1NC(=O)CC1(c2ccccc2)CCN(C#N)CC1. The Morgan fingerprint density at radius 3 is 2.46 bits per heavy atom. The summed E-state index contributed by atoms with van der Waals surface area (Å²) in [6.07, 6.45) is 4.16. The van der Waals surface area contributed by atoms with Crippen molar-refractivity contribution in [2.45, 2.75) is 24.7 Å². The third-order valence-electron chi connectivity index (χ3n) is 5.13. The second-order valence-electron chi connectivity index (χ2n) is 6.66. The molecule has 0 atom stereocenters. The van der Waals surface area contributed by atoms with Crippen molar-refractivity contribution < 1.29 is 9.53 Å². The van der Waals surface area contributed by atoms with Gasteiger partial charge in [0, 0.05) is 24.9 Å². The summed E-state index contributed by atoms with van der Waals surface area (Å²) in [5.74, 6) is 0.609. The summed E-state index contributed by atoms with van der Waals surface area (Å²) in [7, 11) is 1.59. The van der Waals surface area contributed by atoms with E-state index in [9.17, 15) is 4.79 Å². The molecule has 2 aromatic carbocycles. The molecule has 134 valence electrons. The van der Waals surface area contributed by atoms with Crippen LogP contribution >= 0.6 is 0 Å². The van der Waals surface area contributed by atoms with Crippen LogP contribution in [0.25, 0.3) is 0 Å². The van der Waals surface area contributed by atoms with Crippen molar-refractivity contribution in [2.24, 2.45) is 0 Å².